The average Bonchev–Trinajstić information content (AvgIpc) is 3.18. The number of carboxylic acids is 1. The molecule has 1 aromatic rings. The van der Waals surface area contributed by atoms with Gasteiger partial charge in [0.1, 0.15) is 29.4 Å². The van der Waals surface area contributed by atoms with E-state index in [0.29, 0.717) is 0 Å². The van der Waals surface area contributed by atoms with Gasteiger partial charge in [0, 0.05) is 16.7 Å². The van der Waals surface area contributed by atoms with Crippen molar-refractivity contribution in [3.05, 3.63) is 22.3 Å². The predicted octanol–water partition coefficient (Wildman–Crippen LogP) is -1.09. The molecule has 1 aromatic heterocycles. The molecule has 0 spiro atoms. The molecule has 2 aliphatic rings. The van der Waals surface area contributed by atoms with Crippen LogP contribution < -0.4 is 16.8 Å². The lowest BCUT2D eigenvalue weighted by Crippen LogP contribution is -2.71. The molecule has 1 saturated heterocycles. The SMILES string of the molecule is C#CCON=C(C(=O)NC1C(=O)N2C(C(=O)O)=C(COC(N)=O)CS[C@H]12)c1csc(N)n1. The molecular weight excluding hydrogens is 464 g/mol. The first-order valence-corrected chi connectivity index (χ1v) is 10.6. The maximum absolute atomic E-state index is 12.8. The van der Waals surface area contributed by atoms with Crippen LogP contribution in [0.4, 0.5) is 9.93 Å². The molecule has 1 unspecified atom stereocenters. The van der Waals surface area contributed by atoms with Gasteiger partial charge in [-0.25, -0.2) is 14.6 Å². The Hall–Kier alpha value is -3.77. The Balaban J connectivity index is 1.78. The normalized spacial score (nSPS) is 20.0. The summed E-state index contributed by atoms with van der Waals surface area (Å²) in [5.41, 5.74) is 10.3. The Morgan fingerprint density at radius 2 is 2.22 bits per heavy atom. The largest absolute Gasteiger partial charge is 0.477 e. The Kier molecular flexibility index (Phi) is 6.85. The number of hydrogen-bond acceptors (Lipinski definition) is 11. The van der Waals surface area contributed by atoms with E-state index < -0.39 is 35.3 Å². The summed E-state index contributed by atoms with van der Waals surface area (Å²) in [6, 6.07) is -1.03. The van der Waals surface area contributed by atoms with Gasteiger partial charge in [-0.15, -0.1) is 29.5 Å². The van der Waals surface area contributed by atoms with Crippen LogP contribution in [0.3, 0.4) is 0 Å². The number of nitrogen functional groups attached to an aromatic ring is 1. The van der Waals surface area contributed by atoms with Crippen molar-refractivity contribution in [2.24, 2.45) is 10.9 Å². The molecule has 3 amide bonds. The molecule has 3 heterocycles. The number of carbonyl (C=O) groups is 4. The van der Waals surface area contributed by atoms with Crippen molar-refractivity contribution < 1.29 is 33.9 Å². The number of ether oxygens (including phenoxy) is 1. The van der Waals surface area contributed by atoms with Crippen molar-refractivity contribution in [2.45, 2.75) is 11.4 Å². The number of amides is 3. The van der Waals surface area contributed by atoms with E-state index in [1.807, 2.05) is 0 Å². The zero-order valence-electron chi connectivity index (χ0n) is 16.1. The number of β-lactam (4-membered cyclic amide) rings is 1. The van der Waals surface area contributed by atoms with Crippen molar-refractivity contribution >= 4 is 57.8 Å². The van der Waals surface area contributed by atoms with Crippen LogP contribution in [-0.4, -0.2) is 75.0 Å². The molecule has 0 bridgehead atoms. The molecular formula is C17H16N6O7S2. The molecule has 2 aliphatic heterocycles. The van der Waals surface area contributed by atoms with Gasteiger partial charge in [0.05, 0.1) is 0 Å². The Bertz CT molecular complexity index is 1080. The number of anilines is 1. The van der Waals surface area contributed by atoms with Crippen LogP contribution in [0.2, 0.25) is 0 Å². The summed E-state index contributed by atoms with van der Waals surface area (Å²) >= 11 is 2.26. The topological polar surface area (TPSA) is 200 Å². The average molecular weight is 480 g/mol. The highest BCUT2D eigenvalue weighted by atomic mass is 32.2. The van der Waals surface area contributed by atoms with Crippen molar-refractivity contribution in [1.82, 2.24) is 15.2 Å². The number of carboxylic acid groups (broad SMARTS) is 1. The molecule has 6 N–H and O–H groups in total. The van der Waals surface area contributed by atoms with Crippen molar-refractivity contribution in [3.63, 3.8) is 0 Å². The number of aromatic nitrogens is 1. The van der Waals surface area contributed by atoms with Crippen LogP contribution in [-0.2, 0) is 24.0 Å². The fraction of sp³-hybridized carbons (Fsp3) is 0.294. The molecule has 32 heavy (non-hydrogen) atoms. The highest BCUT2D eigenvalue weighted by Crippen LogP contribution is 2.40. The number of oxime groups is 1. The Labute approximate surface area is 188 Å². The number of primary amides is 1. The number of nitrogens with two attached hydrogens (primary N) is 2. The third-order valence-electron chi connectivity index (χ3n) is 4.21. The summed E-state index contributed by atoms with van der Waals surface area (Å²) in [6.07, 6.45) is 4.03. The van der Waals surface area contributed by atoms with E-state index in [-0.39, 0.29) is 46.8 Å². The van der Waals surface area contributed by atoms with E-state index in [2.05, 4.69) is 26.1 Å². The first-order valence-electron chi connectivity index (χ1n) is 8.72. The first-order chi connectivity index (χ1) is 15.2. The van der Waals surface area contributed by atoms with Crippen molar-refractivity contribution in [3.8, 4) is 12.3 Å². The molecule has 168 valence electrons. The summed E-state index contributed by atoms with van der Waals surface area (Å²) in [4.78, 5) is 57.9. The van der Waals surface area contributed by atoms with Crippen LogP contribution >= 0.6 is 23.1 Å². The van der Waals surface area contributed by atoms with Crippen molar-refractivity contribution in [2.75, 3.05) is 24.7 Å². The Morgan fingerprint density at radius 3 is 2.81 bits per heavy atom. The number of nitrogens with one attached hydrogen (secondary N) is 1. The molecule has 0 aliphatic carbocycles. The summed E-state index contributed by atoms with van der Waals surface area (Å²) in [5.74, 6) is -0.480. The maximum atomic E-state index is 12.8. The lowest BCUT2D eigenvalue weighted by atomic mass is 10.0. The van der Waals surface area contributed by atoms with Gasteiger partial charge in [-0.2, -0.15) is 0 Å². The fourth-order valence-corrected chi connectivity index (χ4v) is 4.77. The molecule has 0 saturated carbocycles. The number of hydrogen-bond donors (Lipinski definition) is 4. The highest BCUT2D eigenvalue weighted by Gasteiger charge is 2.54. The van der Waals surface area contributed by atoms with Gasteiger partial charge in [-0.05, 0) is 0 Å². The minimum Gasteiger partial charge on any atom is -0.477 e. The minimum atomic E-state index is -1.38. The van der Waals surface area contributed by atoms with Crippen molar-refractivity contribution in [1.29, 1.82) is 0 Å². The van der Waals surface area contributed by atoms with Gasteiger partial charge in [0.2, 0.25) is 0 Å². The monoisotopic (exact) mass is 480 g/mol. The van der Waals surface area contributed by atoms with Gasteiger partial charge in [0.25, 0.3) is 11.8 Å². The molecule has 1 fully saturated rings. The number of thioether (sulfide) groups is 1. The van der Waals surface area contributed by atoms with E-state index in [0.717, 1.165) is 16.2 Å². The number of rotatable bonds is 8. The van der Waals surface area contributed by atoms with Crippen LogP contribution in [0.25, 0.3) is 0 Å². The molecule has 3 rings (SSSR count). The van der Waals surface area contributed by atoms with Crippen LogP contribution in [0.1, 0.15) is 5.69 Å². The summed E-state index contributed by atoms with van der Waals surface area (Å²) in [7, 11) is 0. The number of nitrogens with zero attached hydrogens (tertiary/aromatic N) is 3. The van der Waals surface area contributed by atoms with Gasteiger partial charge >= 0.3 is 12.1 Å². The van der Waals surface area contributed by atoms with E-state index >= 15 is 0 Å². The number of terminal acetylenes is 1. The number of carbonyl (C=O) groups excluding carboxylic acids is 3. The molecule has 15 heteroatoms. The first kappa shape index (κ1) is 22.9. The van der Waals surface area contributed by atoms with Crippen LogP contribution in [0, 0.1) is 12.3 Å². The second-order valence-corrected chi connectivity index (χ2v) is 8.21. The van der Waals surface area contributed by atoms with Gasteiger partial charge in [0.15, 0.2) is 17.5 Å². The molecule has 0 aromatic carbocycles. The predicted molar refractivity (Wildman–Crippen MR) is 113 cm³/mol. The zero-order chi connectivity index (χ0) is 23.4. The van der Waals surface area contributed by atoms with E-state index in [1.165, 1.54) is 17.1 Å². The number of thiazole rings is 1. The summed E-state index contributed by atoms with van der Waals surface area (Å²) < 4.78 is 4.66. The standard InChI is InChI=1S/C17H16N6O7S2/c1-2-3-30-22-9(8-6-32-16(18)20-8)12(24)21-10-13(25)23-11(15(26)27)7(4-29-17(19)28)5-31-14(10)23/h1,6,10,14H,3-5H2,(H2,18,20)(H2,19,28)(H,21,24)(H,26,27)/t10?,14-/m1/s1. The number of aliphatic carboxylic acids is 1. The quantitative estimate of drug-likeness (QED) is 0.116. The van der Waals surface area contributed by atoms with E-state index in [1.54, 1.807) is 0 Å². The van der Waals surface area contributed by atoms with Crippen LogP contribution in [0.15, 0.2) is 21.8 Å². The summed E-state index contributed by atoms with van der Waals surface area (Å²) in [5, 5.41) is 16.7. The number of fused-ring (bicyclic) bond motifs is 1. The van der Waals surface area contributed by atoms with E-state index in [9.17, 15) is 24.3 Å². The zero-order valence-corrected chi connectivity index (χ0v) is 17.8. The summed E-state index contributed by atoms with van der Waals surface area (Å²) in [6.45, 7) is -0.569. The molecule has 2 atom stereocenters. The minimum absolute atomic E-state index is 0.124. The van der Waals surface area contributed by atoms with Gasteiger partial charge < -0.3 is 31.5 Å². The second kappa shape index (κ2) is 9.58. The van der Waals surface area contributed by atoms with E-state index in [4.69, 9.17) is 22.7 Å². The van der Waals surface area contributed by atoms with Gasteiger partial charge in [-0.3, -0.25) is 14.5 Å². The fourth-order valence-electron chi connectivity index (χ4n) is 2.90. The third kappa shape index (κ3) is 4.60. The lowest BCUT2D eigenvalue weighted by Gasteiger charge is -2.49. The lowest BCUT2D eigenvalue weighted by molar-refractivity contribution is -0.150. The van der Waals surface area contributed by atoms with Gasteiger partial charge in [-0.1, -0.05) is 11.1 Å². The maximum Gasteiger partial charge on any atom is 0.404 e. The highest BCUT2D eigenvalue weighted by molar-refractivity contribution is 8.00. The molecule has 13 nitrogen and oxygen atoms in total. The third-order valence-corrected chi connectivity index (χ3v) is 6.22. The Morgan fingerprint density at radius 1 is 1.47 bits per heavy atom. The van der Waals surface area contributed by atoms with Crippen LogP contribution in [0.5, 0.6) is 0 Å². The molecule has 0 radical (unpaired) electrons. The smallest absolute Gasteiger partial charge is 0.404 e. The second-order valence-electron chi connectivity index (χ2n) is 6.21.